The molecule has 8 heteroatoms. The molecule has 0 radical (unpaired) electrons. The van der Waals surface area contributed by atoms with Crippen LogP contribution in [0.1, 0.15) is 5.56 Å². The number of allylic oxidation sites excluding steroid dienone is 2. The van der Waals surface area contributed by atoms with Crippen LogP contribution in [0.4, 0.5) is 11.4 Å². The Morgan fingerprint density at radius 1 is 1.19 bits per heavy atom. The maximum Gasteiger partial charge on any atom is 0.270 e. The zero-order valence-electron chi connectivity index (χ0n) is 13.2. The lowest BCUT2D eigenvalue weighted by Gasteiger charge is -2.14. The molecule has 1 aliphatic heterocycles. The van der Waals surface area contributed by atoms with E-state index in [1.54, 1.807) is 54.6 Å². The first-order chi connectivity index (χ1) is 12.5. The maximum atomic E-state index is 12.6. The van der Waals surface area contributed by atoms with Gasteiger partial charge < -0.3 is 0 Å². The van der Waals surface area contributed by atoms with Crippen molar-refractivity contribution in [2.75, 3.05) is 4.90 Å². The smallest absolute Gasteiger partial charge is 0.268 e. The SMILES string of the molecule is O=C1/C(=C\C=C\c2cccc([N+](=O)[O-])c2)SC(=S)N1c1ccc(Cl)cc1. The molecule has 3 rings (SSSR count). The van der Waals surface area contributed by atoms with Crippen molar-refractivity contribution in [3.8, 4) is 0 Å². The molecule has 2 aromatic carbocycles. The van der Waals surface area contributed by atoms with E-state index >= 15 is 0 Å². The van der Waals surface area contributed by atoms with Crippen molar-refractivity contribution in [3.05, 3.63) is 86.3 Å². The Morgan fingerprint density at radius 3 is 2.62 bits per heavy atom. The number of benzene rings is 2. The fourth-order valence-electron chi connectivity index (χ4n) is 2.28. The van der Waals surface area contributed by atoms with Crippen LogP contribution in [0, 0.1) is 10.1 Å². The summed E-state index contributed by atoms with van der Waals surface area (Å²) in [5.74, 6) is -0.217. The molecular weight excluding hydrogens is 392 g/mol. The summed E-state index contributed by atoms with van der Waals surface area (Å²) >= 11 is 12.4. The van der Waals surface area contributed by atoms with Gasteiger partial charge in [0.15, 0.2) is 4.32 Å². The van der Waals surface area contributed by atoms with Gasteiger partial charge in [-0.25, -0.2) is 0 Å². The van der Waals surface area contributed by atoms with Gasteiger partial charge in [-0.1, -0.05) is 59.9 Å². The lowest BCUT2D eigenvalue weighted by Crippen LogP contribution is -2.27. The van der Waals surface area contributed by atoms with E-state index in [0.717, 1.165) is 0 Å². The third-order valence-electron chi connectivity index (χ3n) is 3.50. The third-order valence-corrected chi connectivity index (χ3v) is 5.07. The van der Waals surface area contributed by atoms with Gasteiger partial charge in [0.05, 0.1) is 15.5 Å². The third kappa shape index (κ3) is 4.01. The first-order valence-corrected chi connectivity index (χ1v) is 9.00. The van der Waals surface area contributed by atoms with Crippen LogP contribution in [0.5, 0.6) is 0 Å². The van der Waals surface area contributed by atoms with Crippen LogP contribution in [0.3, 0.4) is 0 Å². The van der Waals surface area contributed by atoms with Crippen molar-refractivity contribution >= 4 is 63.3 Å². The summed E-state index contributed by atoms with van der Waals surface area (Å²) in [5, 5.41) is 11.4. The Balaban J connectivity index is 1.78. The standard InChI is InChI=1S/C18H11ClN2O3S2/c19-13-7-9-14(10-8-13)20-17(22)16(26-18(20)25)6-2-4-12-3-1-5-15(11-12)21(23)24/h1-11H/b4-2+,16-6+. The number of anilines is 1. The molecule has 0 bridgehead atoms. The number of nitro benzene ring substituents is 1. The molecule has 0 saturated carbocycles. The van der Waals surface area contributed by atoms with E-state index in [0.29, 0.717) is 25.5 Å². The topological polar surface area (TPSA) is 63.4 Å². The van der Waals surface area contributed by atoms with Gasteiger partial charge >= 0.3 is 0 Å². The number of nitro groups is 1. The van der Waals surface area contributed by atoms with Crippen LogP contribution >= 0.6 is 35.6 Å². The van der Waals surface area contributed by atoms with E-state index in [2.05, 4.69) is 0 Å². The molecule has 1 aliphatic rings. The molecule has 0 unspecified atom stereocenters. The van der Waals surface area contributed by atoms with E-state index < -0.39 is 4.92 Å². The molecule has 0 aliphatic carbocycles. The highest BCUT2D eigenvalue weighted by molar-refractivity contribution is 8.27. The van der Waals surface area contributed by atoms with Gasteiger partial charge in [0, 0.05) is 17.2 Å². The lowest BCUT2D eigenvalue weighted by atomic mass is 10.2. The monoisotopic (exact) mass is 402 g/mol. The molecule has 5 nitrogen and oxygen atoms in total. The van der Waals surface area contributed by atoms with Gasteiger partial charge in [-0.3, -0.25) is 19.8 Å². The molecule has 1 saturated heterocycles. The minimum atomic E-state index is -0.450. The summed E-state index contributed by atoms with van der Waals surface area (Å²) in [7, 11) is 0. The molecule has 0 aromatic heterocycles. The number of carbonyl (C=O) groups is 1. The fourth-order valence-corrected chi connectivity index (χ4v) is 3.66. The second kappa shape index (κ2) is 7.82. The largest absolute Gasteiger partial charge is 0.270 e. The molecule has 1 fully saturated rings. The summed E-state index contributed by atoms with van der Waals surface area (Å²) in [6.45, 7) is 0. The zero-order valence-corrected chi connectivity index (χ0v) is 15.6. The summed E-state index contributed by atoms with van der Waals surface area (Å²) in [6, 6.07) is 13.1. The van der Waals surface area contributed by atoms with Crippen LogP contribution in [0.25, 0.3) is 6.08 Å². The first kappa shape index (κ1) is 18.3. The number of carbonyl (C=O) groups excluding carboxylic acids is 1. The molecule has 1 heterocycles. The molecule has 26 heavy (non-hydrogen) atoms. The number of rotatable bonds is 4. The van der Waals surface area contributed by atoms with Gasteiger partial charge in [-0.15, -0.1) is 0 Å². The number of thioether (sulfide) groups is 1. The van der Waals surface area contributed by atoms with E-state index in [9.17, 15) is 14.9 Å². The van der Waals surface area contributed by atoms with E-state index in [1.165, 1.54) is 28.8 Å². The van der Waals surface area contributed by atoms with Crippen LogP contribution in [-0.2, 0) is 4.79 Å². The summed E-state index contributed by atoms with van der Waals surface area (Å²) < 4.78 is 0.437. The van der Waals surface area contributed by atoms with Crippen molar-refractivity contribution in [2.24, 2.45) is 0 Å². The van der Waals surface area contributed by atoms with Gasteiger partial charge in [0.1, 0.15) is 0 Å². The van der Waals surface area contributed by atoms with E-state index in [4.69, 9.17) is 23.8 Å². The molecule has 130 valence electrons. The molecule has 1 amide bonds. The van der Waals surface area contributed by atoms with Gasteiger partial charge in [-0.2, -0.15) is 0 Å². The highest BCUT2D eigenvalue weighted by Crippen LogP contribution is 2.35. The molecule has 2 aromatic rings. The Hall–Kier alpha value is -2.48. The Bertz CT molecular complexity index is 955. The zero-order chi connectivity index (χ0) is 18.7. The highest BCUT2D eigenvalue weighted by Gasteiger charge is 2.32. The number of halogens is 1. The van der Waals surface area contributed by atoms with Crippen molar-refractivity contribution in [3.63, 3.8) is 0 Å². The van der Waals surface area contributed by atoms with Gasteiger partial charge in [0.2, 0.25) is 0 Å². The van der Waals surface area contributed by atoms with Crippen molar-refractivity contribution in [1.82, 2.24) is 0 Å². The summed E-state index contributed by atoms with van der Waals surface area (Å²) in [5.41, 5.74) is 1.34. The highest BCUT2D eigenvalue weighted by atomic mass is 35.5. The van der Waals surface area contributed by atoms with Crippen LogP contribution in [-0.4, -0.2) is 15.2 Å². The second-order valence-corrected chi connectivity index (χ2v) is 7.34. The second-order valence-electron chi connectivity index (χ2n) is 5.23. The van der Waals surface area contributed by atoms with Crippen LogP contribution in [0.2, 0.25) is 5.02 Å². The average molecular weight is 403 g/mol. The lowest BCUT2D eigenvalue weighted by molar-refractivity contribution is -0.384. The Kier molecular flexibility index (Phi) is 5.51. The van der Waals surface area contributed by atoms with Gasteiger partial charge in [0.25, 0.3) is 11.6 Å². The fraction of sp³-hybridized carbons (Fsp3) is 0. The van der Waals surface area contributed by atoms with Crippen LogP contribution < -0.4 is 4.90 Å². The Labute approximate surface area is 164 Å². The first-order valence-electron chi connectivity index (χ1n) is 7.40. The summed E-state index contributed by atoms with van der Waals surface area (Å²) in [4.78, 5) is 24.9. The number of non-ortho nitro benzene ring substituents is 1. The number of hydrogen-bond donors (Lipinski definition) is 0. The molecule has 0 N–H and O–H groups in total. The molecule has 0 spiro atoms. The van der Waals surface area contributed by atoms with Gasteiger partial charge in [-0.05, 0) is 35.9 Å². The molecular formula is C18H11ClN2O3S2. The number of hydrogen-bond acceptors (Lipinski definition) is 5. The average Bonchev–Trinajstić information content (AvgIpc) is 2.90. The number of thiocarbonyl (C=S) groups is 1. The minimum Gasteiger partial charge on any atom is -0.268 e. The van der Waals surface area contributed by atoms with Crippen molar-refractivity contribution in [1.29, 1.82) is 0 Å². The normalized spacial score (nSPS) is 16.0. The van der Waals surface area contributed by atoms with Crippen molar-refractivity contribution < 1.29 is 9.72 Å². The predicted octanol–water partition coefficient (Wildman–Crippen LogP) is 5.21. The minimum absolute atomic E-state index is 0.0150. The van der Waals surface area contributed by atoms with E-state index in [-0.39, 0.29) is 11.6 Å². The van der Waals surface area contributed by atoms with Crippen LogP contribution in [0.15, 0.2) is 65.6 Å². The number of amides is 1. The van der Waals surface area contributed by atoms with Crippen molar-refractivity contribution in [2.45, 2.75) is 0 Å². The predicted molar refractivity (Wildman–Crippen MR) is 109 cm³/mol. The van der Waals surface area contributed by atoms with E-state index in [1.807, 2.05) is 0 Å². The molecule has 0 atom stereocenters. The quantitative estimate of drug-likeness (QED) is 0.304. The number of nitrogens with zero attached hydrogens (tertiary/aromatic N) is 2. The Morgan fingerprint density at radius 2 is 1.92 bits per heavy atom. The maximum absolute atomic E-state index is 12.6. The summed E-state index contributed by atoms with van der Waals surface area (Å²) in [6.07, 6.45) is 5.02.